The lowest BCUT2D eigenvalue weighted by Gasteiger charge is -2.18. The first-order valence-corrected chi connectivity index (χ1v) is 8.84. The molecule has 0 aliphatic rings. The quantitative estimate of drug-likeness (QED) is 0.650. The van der Waals surface area contributed by atoms with Crippen LogP contribution in [0.15, 0.2) is 47.3 Å². The molecule has 8 heteroatoms. The average molecular weight is 402 g/mol. The summed E-state index contributed by atoms with van der Waals surface area (Å²) in [5.41, 5.74) is 5.97. The number of carbonyl (C=O) groups excluding carboxylic acids is 1. The number of esters is 1. The number of aromatic nitrogens is 1. The Bertz CT molecular complexity index is 1150. The van der Waals surface area contributed by atoms with Gasteiger partial charge in [0.15, 0.2) is 0 Å². The van der Waals surface area contributed by atoms with E-state index in [9.17, 15) is 23.5 Å². The van der Waals surface area contributed by atoms with E-state index in [4.69, 9.17) is 10.5 Å². The van der Waals surface area contributed by atoms with E-state index in [-0.39, 0.29) is 27.9 Å². The van der Waals surface area contributed by atoms with Crippen LogP contribution in [0, 0.1) is 0 Å². The molecule has 0 spiro atoms. The van der Waals surface area contributed by atoms with Gasteiger partial charge in [-0.3, -0.25) is 14.2 Å². The van der Waals surface area contributed by atoms with Gasteiger partial charge in [-0.1, -0.05) is 24.3 Å². The second-order valence-electron chi connectivity index (χ2n) is 6.86. The fourth-order valence-electron chi connectivity index (χ4n) is 3.07. The number of carbonyl (C=O) groups is 1. The molecule has 3 N–H and O–H groups in total. The number of hydrogen-bond acceptors (Lipinski definition) is 5. The summed E-state index contributed by atoms with van der Waals surface area (Å²) in [6, 6.07) is 10.1. The third kappa shape index (κ3) is 3.84. The van der Waals surface area contributed by atoms with E-state index in [2.05, 4.69) is 0 Å². The largest absolute Gasteiger partial charge is 0.419 e. The number of aliphatic hydroxyl groups excluding tert-OH is 1. The van der Waals surface area contributed by atoms with Crippen LogP contribution in [0.25, 0.3) is 16.6 Å². The Morgan fingerprint density at radius 2 is 1.83 bits per heavy atom. The minimum Gasteiger partial charge on any atom is -0.419 e. The normalized spacial score (nSPS) is 12.8. The Morgan fingerprint density at radius 1 is 1.21 bits per heavy atom. The van der Waals surface area contributed by atoms with E-state index in [0.29, 0.717) is 11.3 Å². The van der Waals surface area contributed by atoms with Crippen LogP contribution in [-0.2, 0) is 10.7 Å². The highest BCUT2D eigenvalue weighted by Gasteiger charge is 2.26. The van der Waals surface area contributed by atoms with Gasteiger partial charge in [-0.15, -0.1) is 0 Å². The summed E-state index contributed by atoms with van der Waals surface area (Å²) < 4.78 is 34.0. The molecule has 29 heavy (non-hydrogen) atoms. The van der Waals surface area contributed by atoms with E-state index < -0.39 is 23.6 Å². The minimum absolute atomic E-state index is 0.108. The van der Waals surface area contributed by atoms with Crippen molar-refractivity contribution in [2.75, 3.05) is 5.73 Å². The van der Waals surface area contributed by atoms with E-state index in [1.54, 1.807) is 31.2 Å². The third-order valence-electron chi connectivity index (χ3n) is 4.56. The molecule has 0 unspecified atom stereocenters. The molecule has 0 bridgehead atoms. The topological polar surface area (TPSA) is 94.6 Å². The molecule has 6 nitrogen and oxygen atoms in total. The molecule has 1 heterocycles. The number of benzene rings is 2. The van der Waals surface area contributed by atoms with Gasteiger partial charge in [-0.25, -0.2) is 8.78 Å². The predicted molar refractivity (Wildman–Crippen MR) is 105 cm³/mol. The van der Waals surface area contributed by atoms with Crippen molar-refractivity contribution >= 4 is 22.6 Å². The average Bonchev–Trinajstić information content (AvgIpc) is 2.64. The summed E-state index contributed by atoms with van der Waals surface area (Å²) in [5.74, 6) is -4.24. The molecule has 0 radical (unpaired) electrons. The molecule has 0 saturated carbocycles. The maximum atomic E-state index is 13.9. The van der Waals surface area contributed by atoms with E-state index >= 15 is 0 Å². The van der Waals surface area contributed by atoms with Gasteiger partial charge in [-0.05, 0) is 30.7 Å². The number of pyridine rings is 1. The highest BCUT2D eigenvalue weighted by atomic mass is 19.3. The maximum absolute atomic E-state index is 13.9. The zero-order chi connectivity index (χ0) is 21.5. The van der Waals surface area contributed by atoms with Gasteiger partial charge >= 0.3 is 11.5 Å². The number of nitrogen functional groups attached to an aromatic ring is 1. The summed E-state index contributed by atoms with van der Waals surface area (Å²) in [6.45, 7) is 3.48. The highest BCUT2D eigenvalue weighted by Crippen LogP contribution is 2.34. The second-order valence-corrected chi connectivity index (χ2v) is 6.86. The van der Waals surface area contributed by atoms with Gasteiger partial charge in [0, 0.05) is 30.5 Å². The SMILES string of the molecule is CC(=O)Oc1c(N)c2ccc(C(C)(F)F)cc2n(-c2ccc([C@@H](C)O)cc2)c1=O. The molecule has 0 amide bonds. The molecule has 152 valence electrons. The van der Waals surface area contributed by atoms with Gasteiger partial charge in [0.05, 0.1) is 17.3 Å². The van der Waals surface area contributed by atoms with Gasteiger partial charge in [-0.2, -0.15) is 0 Å². The first-order chi connectivity index (χ1) is 13.5. The second kappa shape index (κ2) is 7.29. The van der Waals surface area contributed by atoms with Crippen molar-refractivity contribution in [2.24, 2.45) is 0 Å². The van der Waals surface area contributed by atoms with Crippen molar-refractivity contribution < 1.29 is 23.4 Å². The lowest BCUT2D eigenvalue weighted by atomic mass is 10.0. The van der Waals surface area contributed by atoms with Gasteiger partial charge in [0.25, 0.3) is 5.92 Å². The van der Waals surface area contributed by atoms with Gasteiger partial charge in [0.2, 0.25) is 5.75 Å². The Kier molecular flexibility index (Phi) is 5.15. The van der Waals surface area contributed by atoms with Crippen LogP contribution >= 0.6 is 0 Å². The number of hydrogen-bond donors (Lipinski definition) is 2. The van der Waals surface area contributed by atoms with Crippen LogP contribution in [0.3, 0.4) is 0 Å². The number of rotatable bonds is 4. The molecule has 0 fully saturated rings. The molecule has 0 aliphatic heterocycles. The van der Waals surface area contributed by atoms with Crippen molar-refractivity contribution in [1.82, 2.24) is 4.57 Å². The van der Waals surface area contributed by atoms with Crippen LogP contribution < -0.4 is 16.0 Å². The molecule has 0 aliphatic carbocycles. The van der Waals surface area contributed by atoms with Crippen LogP contribution in [0.2, 0.25) is 0 Å². The Morgan fingerprint density at radius 3 is 2.34 bits per heavy atom. The molecular formula is C21H20F2N2O4. The number of aliphatic hydroxyl groups is 1. The fourth-order valence-corrected chi connectivity index (χ4v) is 3.07. The van der Waals surface area contributed by atoms with Crippen molar-refractivity contribution in [1.29, 1.82) is 0 Å². The smallest absolute Gasteiger partial charge is 0.308 e. The number of nitrogens with two attached hydrogens (primary N) is 1. The Hall–Kier alpha value is -3.26. The molecule has 3 aromatic rings. The van der Waals surface area contributed by atoms with E-state index in [0.717, 1.165) is 18.4 Å². The van der Waals surface area contributed by atoms with Crippen LogP contribution in [0.1, 0.15) is 38.0 Å². The highest BCUT2D eigenvalue weighted by molar-refractivity contribution is 5.95. The first kappa shape index (κ1) is 20.5. The zero-order valence-corrected chi connectivity index (χ0v) is 16.1. The minimum atomic E-state index is -3.13. The Labute approximate surface area is 165 Å². The molecular weight excluding hydrogens is 382 g/mol. The van der Waals surface area contributed by atoms with Crippen molar-refractivity contribution in [3.05, 3.63) is 63.9 Å². The van der Waals surface area contributed by atoms with Crippen molar-refractivity contribution in [3.63, 3.8) is 0 Å². The lowest BCUT2D eigenvalue weighted by Crippen LogP contribution is -2.24. The van der Waals surface area contributed by atoms with E-state index in [1.807, 2.05) is 0 Å². The van der Waals surface area contributed by atoms with Crippen molar-refractivity contribution in [3.8, 4) is 11.4 Å². The third-order valence-corrected chi connectivity index (χ3v) is 4.56. The van der Waals surface area contributed by atoms with Crippen LogP contribution in [0.5, 0.6) is 5.75 Å². The number of fused-ring (bicyclic) bond motifs is 1. The lowest BCUT2D eigenvalue weighted by molar-refractivity contribution is -0.131. The summed E-state index contributed by atoms with van der Waals surface area (Å²) >= 11 is 0. The number of halogens is 2. The van der Waals surface area contributed by atoms with E-state index in [1.165, 1.54) is 18.2 Å². The summed E-state index contributed by atoms with van der Waals surface area (Å²) in [4.78, 5) is 24.5. The Balaban J connectivity index is 2.40. The molecule has 0 saturated heterocycles. The molecule has 1 aromatic heterocycles. The molecule has 2 aromatic carbocycles. The summed E-state index contributed by atoms with van der Waals surface area (Å²) in [5, 5.41) is 9.98. The van der Waals surface area contributed by atoms with Crippen molar-refractivity contribution in [2.45, 2.75) is 32.8 Å². The monoisotopic (exact) mass is 402 g/mol. The summed E-state index contributed by atoms with van der Waals surface area (Å²) in [7, 11) is 0. The molecule has 3 rings (SSSR count). The first-order valence-electron chi connectivity index (χ1n) is 8.84. The number of nitrogens with zero attached hydrogens (tertiary/aromatic N) is 1. The van der Waals surface area contributed by atoms with Gasteiger partial charge in [0.1, 0.15) is 0 Å². The molecule has 1 atom stereocenters. The van der Waals surface area contributed by atoms with Crippen LogP contribution in [0.4, 0.5) is 14.5 Å². The zero-order valence-electron chi connectivity index (χ0n) is 16.1. The number of anilines is 1. The number of alkyl halides is 2. The van der Waals surface area contributed by atoms with Gasteiger partial charge < -0.3 is 15.6 Å². The maximum Gasteiger partial charge on any atom is 0.308 e. The fraction of sp³-hybridized carbons (Fsp3) is 0.238. The standard InChI is InChI=1S/C21H20F2N2O4/c1-11(26)13-4-7-15(8-5-13)25-17-10-14(21(3,22)23)6-9-16(17)18(24)19(20(25)28)29-12(2)27/h4-11,26H,24H2,1-3H3/t11-/m1/s1. The van der Waals surface area contributed by atoms with Crippen LogP contribution in [-0.4, -0.2) is 15.6 Å². The number of ether oxygens (including phenoxy) is 1. The predicted octanol–water partition coefficient (Wildman–Crippen LogP) is 3.66. The summed E-state index contributed by atoms with van der Waals surface area (Å²) in [6.07, 6.45) is -0.717.